The van der Waals surface area contributed by atoms with Crippen molar-refractivity contribution in [3.63, 3.8) is 0 Å². The van der Waals surface area contributed by atoms with Crippen LogP contribution in [-0.2, 0) is 11.2 Å². The van der Waals surface area contributed by atoms with Gasteiger partial charge in [0.25, 0.3) is 0 Å². The van der Waals surface area contributed by atoms with Crippen LogP contribution in [0.4, 0.5) is 0 Å². The summed E-state index contributed by atoms with van der Waals surface area (Å²) in [5.74, 6) is -0.553. The number of oxazole rings is 1. The van der Waals surface area contributed by atoms with E-state index in [4.69, 9.17) is 9.52 Å². The number of nitrogens with zero attached hydrogens (tertiary/aromatic N) is 1. The molecule has 0 saturated heterocycles. The van der Waals surface area contributed by atoms with Crippen molar-refractivity contribution in [3.05, 3.63) is 34.3 Å². The first-order valence-corrected chi connectivity index (χ1v) is 6.06. The summed E-state index contributed by atoms with van der Waals surface area (Å²) >= 11 is 0. The lowest BCUT2D eigenvalue weighted by Gasteiger charge is -2.16. The summed E-state index contributed by atoms with van der Waals surface area (Å²) in [6, 6.07) is 5.44. The van der Waals surface area contributed by atoms with Gasteiger partial charge >= 0.3 is 5.76 Å². The molecule has 1 amide bonds. The number of aliphatic hydroxyl groups excluding tert-OH is 1. The summed E-state index contributed by atoms with van der Waals surface area (Å²) in [6.45, 7) is 0.428. The van der Waals surface area contributed by atoms with E-state index < -0.39 is 5.76 Å². The van der Waals surface area contributed by atoms with Crippen molar-refractivity contribution in [1.82, 2.24) is 9.88 Å². The molecule has 102 valence electrons. The molecular formula is C13H16N2O4. The van der Waals surface area contributed by atoms with Crippen molar-refractivity contribution in [2.45, 2.75) is 12.8 Å². The van der Waals surface area contributed by atoms with Crippen LogP contribution >= 0.6 is 0 Å². The van der Waals surface area contributed by atoms with E-state index in [1.165, 1.54) is 0 Å². The Morgan fingerprint density at radius 3 is 3.00 bits per heavy atom. The highest BCUT2D eigenvalue weighted by atomic mass is 16.4. The Hall–Kier alpha value is -2.08. The molecule has 0 atom stereocenters. The fourth-order valence-corrected chi connectivity index (χ4v) is 1.86. The summed E-state index contributed by atoms with van der Waals surface area (Å²) < 4.78 is 4.92. The van der Waals surface area contributed by atoms with Gasteiger partial charge in [0, 0.05) is 20.0 Å². The second-order valence-electron chi connectivity index (χ2n) is 4.38. The highest BCUT2D eigenvalue weighted by molar-refractivity contribution is 5.76. The van der Waals surface area contributed by atoms with E-state index >= 15 is 0 Å². The molecule has 1 aromatic carbocycles. The van der Waals surface area contributed by atoms with Gasteiger partial charge in [0.2, 0.25) is 5.91 Å². The van der Waals surface area contributed by atoms with Crippen molar-refractivity contribution in [3.8, 4) is 0 Å². The number of fused-ring (bicyclic) bond motifs is 1. The molecule has 2 aromatic rings. The van der Waals surface area contributed by atoms with E-state index in [1.54, 1.807) is 18.0 Å². The maximum Gasteiger partial charge on any atom is 0.417 e. The lowest BCUT2D eigenvalue weighted by molar-refractivity contribution is -0.130. The lowest BCUT2D eigenvalue weighted by Crippen LogP contribution is -2.29. The second-order valence-corrected chi connectivity index (χ2v) is 4.38. The molecule has 0 saturated carbocycles. The van der Waals surface area contributed by atoms with E-state index in [0.29, 0.717) is 24.1 Å². The zero-order valence-corrected chi connectivity index (χ0v) is 10.7. The number of rotatable bonds is 5. The Morgan fingerprint density at radius 2 is 2.26 bits per heavy atom. The quantitative estimate of drug-likeness (QED) is 0.823. The molecule has 19 heavy (non-hydrogen) atoms. The lowest BCUT2D eigenvalue weighted by atomic mass is 10.1. The third-order valence-electron chi connectivity index (χ3n) is 2.97. The minimum Gasteiger partial charge on any atom is -0.408 e. The molecule has 0 fully saturated rings. The van der Waals surface area contributed by atoms with Crippen LogP contribution in [0, 0.1) is 0 Å². The number of benzene rings is 1. The first-order valence-electron chi connectivity index (χ1n) is 6.06. The van der Waals surface area contributed by atoms with E-state index in [0.717, 1.165) is 5.56 Å². The Morgan fingerprint density at radius 1 is 1.47 bits per heavy atom. The molecule has 0 aliphatic heterocycles. The second kappa shape index (κ2) is 5.71. The monoisotopic (exact) mass is 264 g/mol. The number of aromatic nitrogens is 1. The maximum atomic E-state index is 11.5. The number of hydrogen-bond donors (Lipinski definition) is 2. The van der Waals surface area contributed by atoms with Gasteiger partial charge in [-0.2, -0.15) is 0 Å². The first kappa shape index (κ1) is 13.4. The fraction of sp³-hybridized carbons (Fsp3) is 0.385. The molecule has 0 radical (unpaired) electrons. The Balaban J connectivity index is 2.01. The Labute approximate surface area is 109 Å². The van der Waals surface area contributed by atoms with Crippen molar-refractivity contribution < 1.29 is 14.3 Å². The number of aromatic amines is 1. The number of hydrogen-bond acceptors (Lipinski definition) is 4. The zero-order chi connectivity index (χ0) is 13.8. The smallest absolute Gasteiger partial charge is 0.408 e. The van der Waals surface area contributed by atoms with E-state index in [-0.39, 0.29) is 18.9 Å². The minimum absolute atomic E-state index is 0.0831. The number of nitrogens with one attached hydrogen (secondary N) is 1. The summed E-state index contributed by atoms with van der Waals surface area (Å²) in [7, 11) is 1.70. The molecule has 0 bridgehead atoms. The van der Waals surface area contributed by atoms with Crippen molar-refractivity contribution in [1.29, 1.82) is 0 Å². The number of carbonyl (C=O) groups excluding carboxylic acids is 1. The van der Waals surface area contributed by atoms with Gasteiger partial charge in [0.1, 0.15) is 0 Å². The summed E-state index contributed by atoms with van der Waals surface area (Å²) in [6.07, 6.45) is 0.821. The average molecular weight is 264 g/mol. The number of H-pyrrole nitrogens is 1. The Bertz CT molecular complexity index is 629. The van der Waals surface area contributed by atoms with Gasteiger partial charge in [0.15, 0.2) is 5.58 Å². The van der Waals surface area contributed by atoms with Gasteiger partial charge in [0.05, 0.1) is 12.1 Å². The molecule has 1 aromatic heterocycles. The van der Waals surface area contributed by atoms with Crippen molar-refractivity contribution in [2.75, 3.05) is 20.2 Å². The van der Waals surface area contributed by atoms with Gasteiger partial charge in [-0.05, 0) is 24.1 Å². The SMILES string of the molecule is CN(CCc1ccc2oc(=O)[nH]c2c1)C(=O)CCO. The van der Waals surface area contributed by atoms with Gasteiger partial charge in [-0.1, -0.05) is 6.07 Å². The third kappa shape index (κ3) is 3.23. The highest BCUT2D eigenvalue weighted by Gasteiger charge is 2.08. The predicted octanol–water partition coefficient (Wildman–Crippen LogP) is 0.504. The highest BCUT2D eigenvalue weighted by Crippen LogP contribution is 2.12. The molecular weight excluding hydrogens is 248 g/mol. The van der Waals surface area contributed by atoms with E-state index in [2.05, 4.69) is 4.98 Å². The standard InChI is InChI=1S/C13H16N2O4/c1-15(12(17)5-7-16)6-4-9-2-3-11-10(8-9)14-13(18)19-11/h2-3,8,16H,4-7H2,1H3,(H,14,18). The average Bonchev–Trinajstić information content (AvgIpc) is 2.75. The van der Waals surface area contributed by atoms with E-state index in [1.807, 2.05) is 12.1 Å². The van der Waals surface area contributed by atoms with E-state index in [9.17, 15) is 9.59 Å². The molecule has 2 N–H and O–H groups in total. The normalized spacial score (nSPS) is 10.8. The number of likely N-dealkylation sites (N-methyl/N-ethyl adjacent to an activating group) is 1. The van der Waals surface area contributed by atoms with Crippen LogP contribution in [0.1, 0.15) is 12.0 Å². The van der Waals surface area contributed by atoms with Gasteiger partial charge < -0.3 is 14.4 Å². The third-order valence-corrected chi connectivity index (χ3v) is 2.97. The van der Waals surface area contributed by atoms with Crippen LogP contribution in [0.15, 0.2) is 27.4 Å². The predicted molar refractivity (Wildman–Crippen MR) is 69.9 cm³/mol. The molecule has 2 rings (SSSR count). The molecule has 6 heteroatoms. The zero-order valence-electron chi connectivity index (χ0n) is 10.7. The van der Waals surface area contributed by atoms with Crippen LogP contribution < -0.4 is 5.76 Å². The van der Waals surface area contributed by atoms with Gasteiger partial charge in [-0.15, -0.1) is 0 Å². The number of amides is 1. The minimum atomic E-state index is -0.470. The van der Waals surface area contributed by atoms with Gasteiger partial charge in [-0.3, -0.25) is 9.78 Å². The van der Waals surface area contributed by atoms with Crippen molar-refractivity contribution >= 4 is 17.0 Å². The van der Waals surface area contributed by atoms with Gasteiger partial charge in [-0.25, -0.2) is 4.79 Å². The molecule has 0 aliphatic carbocycles. The summed E-state index contributed by atoms with van der Waals surface area (Å²) in [5, 5.41) is 8.70. The van der Waals surface area contributed by atoms with Crippen LogP contribution in [0.3, 0.4) is 0 Å². The van der Waals surface area contributed by atoms with Crippen LogP contribution in [0.5, 0.6) is 0 Å². The van der Waals surface area contributed by atoms with Crippen LogP contribution in [-0.4, -0.2) is 41.1 Å². The molecule has 0 aliphatic rings. The van der Waals surface area contributed by atoms with Crippen LogP contribution in [0.25, 0.3) is 11.1 Å². The number of aliphatic hydroxyl groups is 1. The first-order chi connectivity index (χ1) is 9.10. The van der Waals surface area contributed by atoms with Crippen LogP contribution in [0.2, 0.25) is 0 Å². The molecule has 0 spiro atoms. The molecule has 6 nitrogen and oxygen atoms in total. The summed E-state index contributed by atoms with van der Waals surface area (Å²) in [4.78, 5) is 26.7. The molecule has 0 unspecified atom stereocenters. The largest absolute Gasteiger partial charge is 0.417 e. The number of carbonyl (C=O) groups is 1. The Kier molecular flexibility index (Phi) is 4.01. The maximum absolute atomic E-state index is 11.5. The topological polar surface area (TPSA) is 86.5 Å². The fourth-order valence-electron chi connectivity index (χ4n) is 1.86. The summed E-state index contributed by atoms with van der Waals surface area (Å²) in [5.41, 5.74) is 2.19. The molecule has 1 heterocycles. The van der Waals surface area contributed by atoms with Crippen molar-refractivity contribution in [2.24, 2.45) is 0 Å².